The molecule has 1 heterocycles. The predicted molar refractivity (Wildman–Crippen MR) is 71.2 cm³/mol. The van der Waals surface area contributed by atoms with Gasteiger partial charge in [-0.15, -0.1) is 0 Å². The highest BCUT2D eigenvalue weighted by Gasteiger charge is 2.09. The van der Waals surface area contributed by atoms with E-state index in [-0.39, 0.29) is 5.97 Å². The molecule has 4 heteroatoms. The highest BCUT2D eigenvalue weighted by Crippen LogP contribution is 2.22. The Morgan fingerprint density at radius 2 is 2.12 bits per heavy atom. The minimum Gasteiger partial charge on any atom is -0.465 e. The van der Waals surface area contributed by atoms with E-state index in [1.54, 1.807) is 12.3 Å². The summed E-state index contributed by atoms with van der Waals surface area (Å²) < 4.78 is 4.62. The summed E-state index contributed by atoms with van der Waals surface area (Å²) in [5, 5.41) is 0.608. The van der Waals surface area contributed by atoms with Crippen LogP contribution in [0.1, 0.15) is 36.8 Å². The number of nitrogens with zero attached hydrogens (tertiary/aromatic N) is 1. The zero-order valence-corrected chi connectivity index (χ0v) is 11.6. The number of hydrogen-bond donors (Lipinski definition) is 0. The maximum atomic E-state index is 11.2. The van der Waals surface area contributed by atoms with Gasteiger partial charge >= 0.3 is 5.97 Å². The molecule has 0 saturated heterocycles. The van der Waals surface area contributed by atoms with E-state index < -0.39 is 0 Å². The third-order valence-electron chi connectivity index (χ3n) is 2.68. The van der Waals surface area contributed by atoms with Crippen LogP contribution in [0.5, 0.6) is 0 Å². The normalized spacial score (nSPS) is 12.5. The van der Waals surface area contributed by atoms with E-state index in [0.29, 0.717) is 16.7 Å². The summed E-state index contributed by atoms with van der Waals surface area (Å²) >= 11 is 1.88. The summed E-state index contributed by atoms with van der Waals surface area (Å²) in [5.41, 5.74) is 1.49. The molecule has 0 aromatic carbocycles. The average Bonchev–Trinajstić information content (AvgIpc) is 2.35. The Balaban J connectivity index is 2.54. The standard InChI is InChI=1S/C13H19NO2S/c1-9(2)10(3)17-8-12-6-5-11(7-14-12)13(15)16-4/h5-7,9-10H,8H2,1-4H3. The lowest BCUT2D eigenvalue weighted by Gasteiger charge is -2.14. The number of carbonyl (C=O) groups excluding carboxylic acids is 1. The van der Waals surface area contributed by atoms with Crippen LogP contribution < -0.4 is 0 Å². The Labute approximate surface area is 107 Å². The van der Waals surface area contributed by atoms with Gasteiger partial charge in [0, 0.05) is 17.2 Å². The molecule has 94 valence electrons. The summed E-state index contributed by atoms with van der Waals surface area (Å²) in [7, 11) is 1.37. The molecule has 1 aromatic rings. The van der Waals surface area contributed by atoms with E-state index in [4.69, 9.17) is 0 Å². The fourth-order valence-electron chi connectivity index (χ4n) is 1.16. The molecular weight excluding hydrogens is 234 g/mol. The minimum atomic E-state index is -0.341. The molecule has 0 saturated carbocycles. The number of rotatable bonds is 5. The van der Waals surface area contributed by atoms with Gasteiger partial charge in [0.05, 0.1) is 18.4 Å². The van der Waals surface area contributed by atoms with Crippen LogP contribution >= 0.6 is 11.8 Å². The molecule has 0 spiro atoms. The number of methoxy groups -OCH3 is 1. The maximum Gasteiger partial charge on any atom is 0.339 e. The molecule has 0 aliphatic rings. The van der Waals surface area contributed by atoms with E-state index in [0.717, 1.165) is 11.4 Å². The number of thioether (sulfide) groups is 1. The summed E-state index contributed by atoms with van der Waals surface area (Å²) in [5.74, 6) is 1.20. The third kappa shape index (κ3) is 4.38. The summed E-state index contributed by atoms with van der Waals surface area (Å²) in [6, 6.07) is 3.64. The lowest BCUT2D eigenvalue weighted by atomic mass is 10.2. The molecule has 0 fully saturated rings. The first kappa shape index (κ1) is 14.0. The number of pyridine rings is 1. The van der Waals surface area contributed by atoms with Crippen molar-refractivity contribution in [1.82, 2.24) is 4.98 Å². The van der Waals surface area contributed by atoms with Crippen LogP contribution in [-0.4, -0.2) is 23.3 Å². The van der Waals surface area contributed by atoms with E-state index in [1.807, 2.05) is 17.8 Å². The SMILES string of the molecule is COC(=O)c1ccc(CSC(C)C(C)C)nc1. The first-order chi connectivity index (χ1) is 8.04. The lowest BCUT2D eigenvalue weighted by Crippen LogP contribution is -2.06. The average molecular weight is 253 g/mol. The molecule has 1 aromatic heterocycles. The Morgan fingerprint density at radius 3 is 2.59 bits per heavy atom. The van der Waals surface area contributed by atoms with Gasteiger partial charge in [-0.05, 0) is 18.1 Å². The Morgan fingerprint density at radius 1 is 1.41 bits per heavy atom. The van der Waals surface area contributed by atoms with Gasteiger partial charge in [0.2, 0.25) is 0 Å². The van der Waals surface area contributed by atoms with E-state index in [1.165, 1.54) is 7.11 Å². The van der Waals surface area contributed by atoms with Crippen molar-refractivity contribution in [2.45, 2.75) is 31.8 Å². The molecule has 0 N–H and O–H groups in total. The van der Waals surface area contributed by atoms with E-state index >= 15 is 0 Å². The summed E-state index contributed by atoms with van der Waals surface area (Å²) in [6.45, 7) is 6.65. The molecule has 1 atom stereocenters. The molecule has 0 amide bonds. The number of hydrogen-bond acceptors (Lipinski definition) is 4. The number of esters is 1. The first-order valence-corrected chi connectivity index (χ1v) is 6.74. The Kier molecular flexibility index (Phi) is 5.48. The van der Waals surface area contributed by atoms with Crippen LogP contribution in [0, 0.1) is 5.92 Å². The summed E-state index contributed by atoms with van der Waals surface area (Å²) in [6.07, 6.45) is 1.57. The van der Waals surface area contributed by atoms with Crippen LogP contribution in [0.15, 0.2) is 18.3 Å². The number of aromatic nitrogens is 1. The Bertz CT molecular complexity index is 362. The van der Waals surface area contributed by atoms with Gasteiger partial charge < -0.3 is 4.74 Å². The van der Waals surface area contributed by atoms with E-state index in [2.05, 4.69) is 30.5 Å². The van der Waals surface area contributed by atoms with Crippen molar-refractivity contribution in [2.75, 3.05) is 7.11 Å². The van der Waals surface area contributed by atoms with Crippen LogP contribution in [0.3, 0.4) is 0 Å². The number of ether oxygens (including phenoxy) is 1. The molecule has 0 radical (unpaired) electrons. The second-order valence-electron chi connectivity index (χ2n) is 4.29. The second kappa shape index (κ2) is 6.64. The molecule has 3 nitrogen and oxygen atoms in total. The maximum absolute atomic E-state index is 11.2. The van der Waals surface area contributed by atoms with Crippen LogP contribution in [0.4, 0.5) is 0 Å². The van der Waals surface area contributed by atoms with Crippen molar-refractivity contribution in [3.63, 3.8) is 0 Å². The van der Waals surface area contributed by atoms with Crippen molar-refractivity contribution in [2.24, 2.45) is 5.92 Å². The van der Waals surface area contributed by atoms with Crippen LogP contribution in [0.25, 0.3) is 0 Å². The van der Waals surface area contributed by atoms with Gasteiger partial charge in [-0.2, -0.15) is 11.8 Å². The molecule has 0 aliphatic heterocycles. The second-order valence-corrected chi connectivity index (χ2v) is 5.66. The quantitative estimate of drug-likeness (QED) is 0.756. The predicted octanol–water partition coefficient (Wildman–Crippen LogP) is 3.15. The third-order valence-corrected chi connectivity index (χ3v) is 4.21. The largest absolute Gasteiger partial charge is 0.465 e. The highest BCUT2D eigenvalue weighted by molar-refractivity contribution is 7.99. The molecule has 0 aliphatic carbocycles. The monoisotopic (exact) mass is 253 g/mol. The first-order valence-electron chi connectivity index (χ1n) is 5.69. The van der Waals surface area contributed by atoms with Gasteiger partial charge in [0.15, 0.2) is 0 Å². The topological polar surface area (TPSA) is 39.2 Å². The van der Waals surface area contributed by atoms with Crippen molar-refractivity contribution >= 4 is 17.7 Å². The van der Waals surface area contributed by atoms with Crippen LogP contribution in [0.2, 0.25) is 0 Å². The smallest absolute Gasteiger partial charge is 0.339 e. The van der Waals surface area contributed by atoms with Crippen LogP contribution in [-0.2, 0) is 10.5 Å². The van der Waals surface area contributed by atoms with E-state index in [9.17, 15) is 4.79 Å². The highest BCUT2D eigenvalue weighted by atomic mass is 32.2. The van der Waals surface area contributed by atoms with Gasteiger partial charge in [0.1, 0.15) is 0 Å². The molecule has 17 heavy (non-hydrogen) atoms. The molecule has 0 bridgehead atoms. The van der Waals surface area contributed by atoms with Gasteiger partial charge in [-0.25, -0.2) is 4.79 Å². The summed E-state index contributed by atoms with van der Waals surface area (Å²) in [4.78, 5) is 15.5. The molecular formula is C13H19NO2S. The van der Waals surface area contributed by atoms with Gasteiger partial charge in [-0.3, -0.25) is 4.98 Å². The van der Waals surface area contributed by atoms with Crippen molar-refractivity contribution in [3.05, 3.63) is 29.6 Å². The van der Waals surface area contributed by atoms with Gasteiger partial charge in [0.25, 0.3) is 0 Å². The van der Waals surface area contributed by atoms with Crippen molar-refractivity contribution in [3.8, 4) is 0 Å². The minimum absolute atomic E-state index is 0.341. The van der Waals surface area contributed by atoms with Crippen molar-refractivity contribution in [1.29, 1.82) is 0 Å². The fourth-order valence-corrected chi connectivity index (χ4v) is 2.15. The zero-order valence-electron chi connectivity index (χ0n) is 10.8. The zero-order chi connectivity index (χ0) is 12.8. The molecule has 1 rings (SSSR count). The Hall–Kier alpha value is -1.03. The number of carbonyl (C=O) groups is 1. The molecule has 1 unspecified atom stereocenters. The van der Waals surface area contributed by atoms with Gasteiger partial charge in [-0.1, -0.05) is 20.8 Å². The van der Waals surface area contributed by atoms with Crippen molar-refractivity contribution < 1.29 is 9.53 Å². The fraction of sp³-hybridized carbons (Fsp3) is 0.538. The lowest BCUT2D eigenvalue weighted by molar-refractivity contribution is 0.0600.